The number of nitrogens with zero attached hydrogens (tertiary/aromatic N) is 2. The molecule has 0 N–H and O–H groups in total. The maximum Gasteiger partial charge on any atom is 0.128 e. The average Bonchev–Trinajstić information content (AvgIpc) is 2.78. The van der Waals surface area contributed by atoms with Crippen molar-refractivity contribution in [3.63, 3.8) is 0 Å². The molecule has 3 heteroatoms. The summed E-state index contributed by atoms with van der Waals surface area (Å²) < 4.78 is 6.17. The van der Waals surface area contributed by atoms with Crippen LogP contribution < -0.4 is 4.74 Å². The fourth-order valence-electron chi connectivity index (χ4n) is 4.03. The van der Waals surface area contributed by atoms with Gasteiger partial charge in [-0.15, -0.1) is 0 Å². The van der Waals surface area contributed by atoms with E-state index in [0.29, 0.717) is 0 Å². The molecule has 1 aromatic carbocycles. The Kier molecular flexibility index (Phi) is 13.0. The summed E-state index contributed by atoms with van der Waals surface area (Å²) in [7, 11) is 0. The molecule has 0 saturated carbocycles. The molecular weight excluding hydrogens is 380 g/mol. The summed E-state index contributed by atoms with van der Waals surface area (Å²) in [6, 6.07) is 8.33. The fraction of sp³-hybridized carbons (Fsp3) is 0.643. The van der Waals surface area contributed by atoms with Crippen molar-refractivity contribution < 1.29 is 4.74 Å². The van der Waals surface area contributed by atoms with Gasteiger partial charge < -0.3 is 4.74 Å². The number of unbranched alkanes of at least 4 members (excludes halogenated alkanes) is 9. The van der Waals surface area contributed by atoms with Crippen LogP contribution in [-0.2, 0) is 6.42 Å². The molecule has 172 valence electrons. The van der Waals surface area contributed by atoms with Gasteiger partial charge in [-0.25, -0.2) is 9.97 Å². The van der Waals surface area contributed by atoms with E-state index in [-0.39, 0.29) is 0 Å². The van der Waals surface area contributed by atoms with E-state index >= 15 is 0 Å². The minimum atomic E-state index is 0.761. The summed E-state index contributed by atoms with van der Waals surface area (Å²) in [5, 5.41) is 0. The van der Waals surface area contributed by atoms with Crippen molar-refractivity contribution in [2.45, 2.75) is 104 Å². The first kappa shape index (κ1) is 25.4. The van der Waals surface area contributed by atoms with Crippen molar-refractivity contribution in [2.75, 3.05) is 6.61 Å². The van der Waals surface area contributed by atoms with Gasteiger partial charge >= 0.3 is 0 Å². The van der Waals surface area contributed by atoms with Crippen LogP contribution in [0.1, 0.15) is 103 Å². The van der Waals surface area contributed by atoms with Crippen LogP contribution in [-0.4, -0.2) is 16.6 Å². The Morgan fingerprint density at radius 3 is 2.29 bits per heavy atom. The zero-order chi connectivity index (χ0) is 22.2. The lowest BCUT2D eigenvalue weighted by molar-refractivity contribution is 0.302. The van der Waals surface area contributed by atoms with Gasteiger partial charge in [-0.3, -0.25) is 0 Å². The Morgan fingerprint density at radius 2 is 1.55 bits per heavy atom. The molecule has 0 unspecified atom stereocenters. The third-order valence-electron chi connectivity index (χ3n) is 5.91. The van der Waals surface area contributed by atoms with Gasteiger partial charge in [0.1, 0.15) is 12.1 Å². The number of benzene rings is 1. The second-order valence-corrected chi connectivity index (χ2v) is 9.21. The Labute approximate surface area is 191 Å². The normalized spacial score (nSPS) is 11.2. The lowest BCUT2D eigenvalue weighted by Crippen LogP contribution is -2.02. The average molecular weight is 425 g/mol. The van der Waals surface area contributed by atoms with Crippen molar-refractivity contribution >= 4 is 0 Å². The van der Waals surface area contributed by atoms with Crippen LogP contribution >= 0.6 is 0 Å². The maximum absolute atomic E-state index is 6.17. The molecule has 1 heterocycles. The number of para-hydroxylation sites is 1. The van der Waals surface area contributed by atoms with Gasteiger partial charge in [0.05, 0.1) is 12.3 Å². The molecule has 3 nitrogen and oxygen atoms in total. The van der Waals surface area contributed by atoms with Gasteiger partial charge in [0.2, 0.25) is 0 Å². The largest absolute Gasteiger partial charge is 0.493 e. The summed E-state index contributed by atoms with van der Waals surface area (Å²) >= 11 is 0. The fourth-order valence-corrected chi connectivity index (χ4v) is 4.03. The standard InChI is InChI=1S/C28H44N2O/c1-4-5-6-7-8-9-10-11-12-18-25-22-29-23-30-28(25)26-19-13-14-20-27(26)31-21-16-15-17-24(2)3/h13-14,19-20,22-24H,4-12,15-18,21H2,1-3H3. The van der Waals surface area contributed by atoms with Crippen molar-refractivity contribution in [1.82, 2.24) is 9.97 Å². The topological polar surface area (TPSA) is 35.0 Å². The lowest BCUT2D eigenvalue weighted by Gasteiger charge is -2.14. The molecule has 0 fully saturated rings. The molecule has 2 rings (SSSR count). The second-order valence-electron chi connectivity index (χ2n) is 9.21. The first-order valence-corrected chi connectivity index (χ1v) is 12.7. The van der Waals surface area contributed by atoms with Gasteiger partial charge in [-0.05, 0) is 49.3 Å². The quantitative estimate of drug-likeness (QED) is 0.239. The van der Waals surface area contributed by atoms with Gasteiger partial charge in [-0.1, -0.05) is 90.7 Å². The highest BCUT2D eigenvalue weighted by Gasteiger charge is 2.12. The zero-order valence-electron chi connectivity index (χ0n) is 20.2. The molecule has 0 saturated heterocycles. The first-order chi connectivity index (χ1) is 15.2. The van der Waals surface area contributed by atoms with Gasteiger partial charge in [0.15, 0.2) is 0 Å². The van der Waals surface area contributed by atoms with E-state index in [4.69, 9.17) is 4.74 Å². The van der Waals surface area contributed by atoms with Crippen LogP contribution in [0.25, 0.3) is 11.3 Å². The van der Waals surface area contributed by atoms with Crippen molar-refractivity contribution in [1.29, 1.82) is 0 Å². The van der Waals surface area contributed by atoms with Crippen LogP contribution in [0.5, 0.6) is 5.75 Å². The molecule has 0 aliphatic rings. The highest BCUT2D eigenvalue weighted by Crippen LogP contribution is 2.31. The molecule has 2 aromatic rings. The second kappa shape index (κ2) is 15.8. The highest BCUT2D eigenvalue weighted by atomic mass is 16.5. The molecule has 0 aliphatic heterocycles. The van der Waals surface area contributed by atoms with E-state index in [2.05, 4.69) is 48.9 Å². The first-order valence-electron chi connectivity index (χ1n) is 12.7. The summed E-state index contributed by atoms with van der Waals surface area (Å²) in [5.74, 6) is 1.70. The van der Waals surface area contributed by atoms with E-state index in [1.165, 1.54) is 76.2 Å². The molecule has 0 atom stereocenters. The van der Waals surface area contributed by atoms with E-state index in [1.807, 2.05) is 12.3 Å². The number of aryl methyl sites for hydroxylation is 1. The Morgan fingerprint density at radius 1 is 0.839 bits per heavy atom. The molecular formula is C28H44N2O. The predicted octanol–water partition coefficient (Wildman–Crippen LogP) is 8.42. The van der Waals surface area contributed by atoms with E-state index in [0.717, 1.165) is 42.4 Å². The number of aromatic nitrogens is 2. The van der Waals surface area contributed by atoms with Crippen molar-refractivity contribution in [3.05, 3.63) is 42.4 Å². The number of hydrogen-bond acceptors (Lipinski definition) is 3. The van der Waals surface area contributed by atoms with Crippen LogP contribution in [0.4, 0.5) is 0 Å². The monoisotopic (exact) mass is 424 g/mol. The minimum absolute atomic E-state index is 0.761. The number of rotatable bonds is 17. The van der Waals surface area contributed by atoms with E-state index in [9.17, 15) is 0 Å². The third-order valence-corrected chi connectivity index (χ3v) is 5.91. The van der Waals surface area contributed by atoms with Crippen LogP contribution in [0.2, 0.25) is 0 Å². The summed E-state index contributed by atoms with van der Waals surface area (Å²) in [6.45, 7) is 7.60. The van der Waals surface area contributed by atoms with Gasteiger partial charge in [0, 0.05) is 11.8 Å². The molecule has 0 spiro atoms. The lowest BCUT2D eigenvalue weighted by atomic mass is 10.0. The predicted molar refractivity (Wildman–Crippen MR) is 133 cm³/mol. The van der Waals surface area contributed by atoms with Gasteiger partial charge in [-0.2, -0.15) is 0 Å². The Balaban J connectivity index is 1.84. The SMILES string of the molecule is CCCCCCCCCCCc1cncnc1-c1ccccc1OCCCCC(C)C. The zero-order valence-corrected chi connectivity index (χ0v) is 20.2. The molecule has 1 aromatic heterocycles. The number of ether oxygens (including phenoxy) is 1. The summed E-state index contributed by atoms with van der Waals surface area (Å²) in [6.07, 6.45) is 20.4. The third kappa shape index (κ3) is 10.3. The van der Waals surface area contributed by atoms with E-state index in [1.54, 1.807) is 6.33 Å². The minimum Gasteiger partial charge on any atom is -0.493 e. The highest BCUT2D eigenvalue weighted by molar-refractivity contribution is 5.69. The summed E-state index contributed by atoms with van der Waals surface area (Å²) in [4.78, 5) is 8.95. The van der Waals surface area contributed by atoms with Crippen LogP contribution in [0.15, 0.2) is 36.8 Å². The van der Waals surface area contributed by atoms with Crippen molar-refractivity contribution in [2.24, 2.45) is 5.92 Å². The summed E-state index contributed by atoms with van der Waals surface area (Å²) in [5.41, 5.74) is 3.37. The Bertz CT molecular complexity index is 714. The number of hydrogen-bond donors (Lipinski definition) is 0. The van der Waals surface area contributed by atoms with Crippen LogP contribution in [0, 0.1) is 5.92 Å². The molecule has 0 radical (unpaired) electrons. The van der Waals surface area contributed by atoms with Gasteiger partial charge in [0.25, 0.3) is 0 Å². The maximum atomic E-state index is 6.17. The molecule has 31 heavy (non-hydrogen) atoms. The van der Waals surface area contributed by atoms with Crippen molar-refractivity contribution in [3.8, 4) is 17.0 Å². The smallest absolute Gasteiger partial charge is 0.128 e. The Hall–Kier alpha value is -1.90. The molecule has 0 aliphatic carbocycles. The molecule has 0 amide bonds. The van der Waals surface area contributed by atoms with Crippen LogP contribution in [0.3, 0.4) is 0 Å². The van der Waals surface area contributed by atoms with E-state index < -0.39 is 0 Å². The molecule has 0 bridgehead atoms.